The Bertz CT molecular complexity index is 1040. The lowest BCUT2D eigenvalue weighted by Crippen LogP contribution is -2.30. The molecule has 1 unspecified atom stereocenters. The second-order valence-electron chi connectivity index (χ2n) is 22.1. The van der Waals surface area contributed by atoms with Gasteiger partial charge in [-0.3, -0.25) is 14.4 Å². The predicted molar refractivity (Wildman–Crippen MR) is 293 cm³/mol. The van der Waals surface area contributed by atoms with Crippen LogP contribution in [0.5, 0.6) is 0 Å². The van der Waals surface area contributed by atoms with E-state index < -0.39 is 6.10 Å². The largest absolute Gasteiger partial charge is 0.462 e. The molecule has 0 saturated carbocycles. The van der Waals surface area contributed by atoms with Crippen molar-refractivity contribution < 1.29 is 28.6 Å². The normalized spacial score (nSPS) is 12.4. The number of hydrogen-bond donors (Lipinski definition) is 0. The molecule has 0 fully saturated rings. The third-order valence-corrected chi connectivity index (χ3v) is 14.6. The molecule has 68 heavy (non-hydrogen) atoms. The van der Waals surface area contributed by atoms with E-state index in [4.69, 9.17) is 14.2 Å². The van der Waals surface area contributed by atoms with Gasteiger partial charge in [0.05, 0.1) is 0 Å². The van der Waals surface area contributed by atoms with Crippen LogP contribution >= 0.6 is 0 Å². The topological polar surface area (TPSA) is 78.9 Å². The Morgan fingerprint density at radius 2 is 0.559 bits per heavy atom. The summed E-state index contributed by atoms with van der Waals surface area (Å²) in [6.45, 7) is 11.5. The minimum Gasteiger partial charge on any atom is -0.462 e. The van der Waals surface area contributed by atoms with Crippen LogP contribution in [0, 0.1) is 11.8 Å². The first-order valence-electron chi connectivity index (χ1n) is 30.8. The van der Waals surface area contributed by atoms with Crippen molar-refractivity contribution in [3.8, 4) is 0 Å². The van der Waals surface area contributed by atoms with Crippen LogP contribution < -0.4 is 0 Å². The van der Waals surface area contributed by atoms with Crippen LogP contribution in [0.3, 0.4) is 0 Å². The second-order valence-corrected chi connectivity index (χ2v) is 22.1. The molecule has 0 bridgehead atoms. The highest BCUT2D eigenvalue weighted by Crippen LogP contribution is 2.19. The molecule has 0 spiro atoms. The fraction of sp³-hybridized carbons (Fsp3) is 0.952. The Labute approximate surface area is 425 Å². The monoisotopic (exact) mass is 961 g/mol. The van der Waals surface area contributed by atoms with Crippen molar-refractivity contribution in [3.05, 3.63) is 0 Å². The van der Waals surface area contributed by atoms with Gasteiger partial charge in [0.2, 0.25) is 0 Å². The Morgan fingerprint density at radius 3 is 0.838 bits per heavy atom. The minimum atomic E-state index is -0.762. The van der Waals surface area contributed by atoms with Gasteiger partial charge < -0.3 is 14.2 Å². The van der Waals surface area contributed by atoms with Gasteiger partial charge in [-0.2, -0.15) is 0 Å². The maximum atomic E-state index is 12.8. The van der Waals surface area contributed by atoms with E-state index in [-0.39, 0.29) is 31.1 Å². The standard InChI is InChI=1S/C62H120O6/c1-6-8-9-10-11-12-13-27-34-39-44-49-54-62(65)68-59(56-67-61(64)53-48-43-38-33-29-24-20-21-25-30-35-40-45-50-57(3)4)55-66-60(63)52-47-42-37-32-28-23-19-17-15-14-16-18-22-26-31-36-41-46-51-58(5)7-2/h57-59H,6-56H2,1-5H3/t58?,59-/m0/s1. The molecule has 0 amide bonds. The third-order valence-electron chi connectivity index (χ3n) is 14.6. The summed E-state index contributed by atoms with van der Waals surface area (Å²) < 4.78 is 16.9. The highest BCUT2D eigenvalue weighted by molar-refractivity contribution is 5.71. The van der Waals surface area contributed by atoms with Crippen molar-refractivity contribution >= 4 is 17.9 Å². The smallest absolute Gasteiger partial charge is 0.306 e. The molecule has 0 rings (SSSR count). The minimum absolute atomic E-state index is 0.0622. The van der Waals surface area contributed by atoms with Gasteiger partial charge in [-0.15, -0.1) is 0 Å². The van der Waals surface area contributed by atoms with Gasteiger partial charge in [-0.25, -0.2) is 0 Å². The van der Waals surface area contributed by atoms with Gasteiger partial charge in [-0.05, 0) is 31.1 Å². The number of carbonyl (C=O) groups is 3. The molecule has 0 aromatic rings. The average molecular weight is 962 g/mol. The number of ether oxygens (including phenoxy) is 3. The van der Waals surface area contributed by atoms with E-state index in [0.717, 1.165) is 69.6 Å². The first-order chi connectivity index (χ1) is 33.3. The van der Waals surface area contributed by atoms with Crippen LogP contribution in [0.4, 0.5) is 0 Å². The summed E-state index contributed by atoms with van der Waals surface area (Å²) in [5.74, 6) is 0.914. The van der Waals surface area contributed by atoms with E-state index in [2.05, 4.69) is 34.6 Å². The molecule has 6 nitrogen and oxygen atoms in total. The molecule has 2 atom stereocenters. The fourth-order valence-electron chi connectivity index (χ4n) is 9.55. The molecule has 0 N–H and O–H groups in total. The molecule has 0 aromatic heterocycles. The molecule has 0 aliphatic rings. The lowest BCUT2D eigenvalue weighted by Gasteiger charge is -2.18. The SMILES string of the molecule is CCCCCCCCCCCCCCC(=O)O[C@@H](COC(=O)CCCCCCCCCCCCCCCCCCCCC(C)CC)COC(=O)CCCCCCCCCCCCCCCC(C)C. The van der Waals surface area contributed by atoms with Crippen molar-refractivity contribution in [1.29, 1.82) is 0 Å². The Morgan fingerprint density at radius 1 is 0.309 bits per heavy atom. The number of carbonyl (C=O) groups excluding carboxylic acids is 3. The molecule has 0 radical (unpaired) electrons. The van der Waals surface area contributed by atoms with E-state index >= 15 is 0 Å². The summed E-state index contributed by atoms with van der Waals surface area (Å²) in [5.41, 5.74) is 0. The Hall–Kier alpha value is -1.59. The first-order valence-corrected chi connectivity index (χ1v) is 30.8. The summed E-state index contributed by atoms with van der Waals surface area (Å²) in [6, 6.07) is 0. The van der Waals surface area contributed by atoms with E-state index in [1.54, 1.807) is 0 Å². The molecule has 0 saturated heterocycles. The third kappa shape index (κ3) is 53.8. The van der Waals surface area contributed by atoms with Crippen molar-refractivity contribution in [2.45, 2.75) is 355 Å². The summed E-state index contributed by atoms with van der Waals surface area (Å²) in [4.78, 5) is 38.2. The van der Waals surface area contributed by atoms with Crippen LogP contribution in [0.1, 0.15) is 349 Å². The summed E-state index contributed by atoms with van der Waals surface area (Å²) in [6.07, 6.45) is 59.5. The molecular formula is C62H120O6. The molecule has 0 aromatic carbocycles. The number of unbranched alkanes of at least 4 members (excludes halogenated alkanes) is 40. The zero-order valence-corrected chi connectivity index (χ0v) is 46.7. The van der Waals surface area contributed by atoms with Gasteiger partial charge in [0, 0.05) is 19.3 Å². The molecular weight excluding hydrogens is 841 g/mol. The highest BCUT2D eigenvalue weighted by Gasteiger charge is 2.19. The van der Waals surface area contributed by atoms with E-state index in [1.165, 1.54) is 238 Å². The van der Waals surface area contributed by atoms with E-state index in [9.17, 15) is 14.4 Å². The van der Waals surface area contributed by atoms with Crippen LogP contribution in [0.25, 0.3) is 0 Å². The summed E-state index contributed by atoms with van der Waals surface area (Å²) in [5, 5.41) is 0. The number of esters is 3. The van der Waals surface area contributed by atoms with Gasteiger partial charge in [0.15, 0.2) is 6.10 Å². The van der Waals surface area contributed by atoms with Gasteiger partial charge in [-0.1, -0.05) is 311 Å². The maximum Gasteiger partial charge on any atom is 0.306 e. The van der Waals surface area contributed by atoms with Crippen LogP contribution in [0.2, 0.25) is 0 Å². The highest BCUT2D eigenvalue weighted by atomic mass is 16.6. The van der Waals surface area contributed by atoms with E-state index in [1.807, 2.05) is 0 Å². The maximum absolute atomic E-state index is 12.8. The molecule has 0 aliphatic heterocycles. The van der Waals surface area contributed by atoms with Gasteiger partial charge >= 0.3 is 17.9 Å². The molecule has 6 heteroatoms. The quantitative estimate of drug-likeness (QED) is 0.0343. The second kappa shape index (κ2) is 54.7. The van der Waals surface area contributed by atoms with Crippen LogP contribution in [-0.2, 0) is 28.6 Å². The molecule has 404 valence electrons. The Balaban J connectivity index is 4.21. The summed E-state index contributed by atoms with van der Waals surface area (Å²) >= 11 is 0. The fourth-order valence-corrected chi connectivity index (χ4v) is 9.55. The predicted octanol–water partition coefficient (Wildman–Crippen LogP) is 20.4. The zero-order chi connectivity index (χ0) is 49.6. The van der Waals surface area contributed by atoms with Crippen molar-refractivity contribution in [3.63, 3.8) is 0 Å². The van der Waals surface area contributed by atoms with Crippen molar-refractivity contribution in [1.82, 2.24) is 0 Å². The first kappa shape index (κ1) is 66.4. The lowest BCUT2D eigenvalue weighted by atomic mass is 9.99. The summed E-state index contributed by atoms with van der Waals surface area (Å²) in [7, 11) is 0. The van der Waals surface area contributed by atoms with Crippen LogP contribution in [0.15, 0.2) is 0 Å². The van der Waals surface area contributed by atoms with E-state index in [0.29, 0.717) is 19.3 Å². The molecule has 0 heterocycles. The number of hydrogen-bond acceptors (Lipinski definition) is 6. The Kier molecular flexibility index (Phi) is 53.5. The number of rotatable bonds is 56. The zero-order valence-electron chi connectivity index (χ0n) is 46.7. The average Bonchev–Trinajstić information content (AvgIpc) is 3.32. The van der Waals surface area contributed by atoms with Gasteiger partial charge in [0.25, 0.3) is 0 Å². The van der Waals surface area contributed by atoms with Crippen molar-refractivity contribution in [2.75, 3.05) is 13.2 Å². The van der Waals surface area contributed by atoms with Crippen LogP contribution in [-0.4, -0.2) is 37.2 Å². The van der Waals surface area contributed by atoms with Gasteiger partial charge in [0.1, 0.15) is 13.2 Å². The molecule has 0 aliphatic carbocycles. The van der Waals surface area contributed by atoms with Crippen molar-refractivity contribution in [2.24, 2.45) is 11.8 Å². The lowest BCUT2D eigenvalue weighted by molar-refractivity contribution is -0.167.